The van der Waals surface area contributed by atoms with Crippen molar-refractivity contribution >= 4 is 11.9 Å². The lowest BCUT2D eigenvalue weighted by atomic mass is 9.81. The molecule has 2 aliphatic heterocycles. The summed E-state index contributed by atoms with van der Waals surface area (Å²) in [5.41, 5.74) is 0. The molecule has 6 nitrogen and oxygen atoms in total. The van der Waals surface area contributed by atoms with Gasteiger partial charge in [0.05, 0.1) is 12.5 Å². The van der Waals surface area contributed by atoms with Crippen molar-refractivity contribution in [3.8, 4) is 0 Å². The first kappa shape index (κ1) is 18.2. The van der Waals surface area contributed by atoms with Gasteiger partial charge in [0.2, 0.25) is 5.91 Å². The molecule has 1 amide bonds. The number of hydrogen-bond donors (Lipinski definition) is 2. The minimum Gasteiger partial charge on any atom is -0.480 e. The van der Waals surface area contributed by atoms with Crippen LogP contribution in [0.15, 0.2) is 0 Å². The topological polar surface area (TPSA) is 87.1 Å². The zero-order chi connectivity index (χ0) is 17.2. The van der Waals surface area contributed by atoms with E-state index >= 15 is 0 Å². The minimum absolute atomic E-state index is 0.0689. The van der Waals surface area contributed by atoms with Crippen LogP contribution in [0, 0.1) is 11.8 Å². The van der Waals surface area contributed by atoms with Gasteiger partial charge in [-0.05, 0) is 38.0 Å². The van der Waals surface area contributed by atoms with Crippen molar-refractivity contribution in [2.24, 2.45) is 11.8 Å². The number of amides is 1. The Hall–Kier alpha value is -1.14. The van der Waals surface area contributed by atoms with Gasteiger partial charge in [-0.25, -0.2) is 4.79 Å². The van der Waals surface area contributed by atoms with Crippen LogP contribution in [0.5, 0.6) is 0 Å². The Labute approximate surface area is 137 Å². The Morgan fingerprint density at radius 3 is 2.61 bits per heavy atom. The standard InChI is InChI=1S/C17H29NO5/c1-4-14-11(2)9-12(3)17(22,23-14)10-15(19)18-8-6-5-7-13(18)16(20)21/h11-14,22H,4-10H2,1-3H3,(H,20,21)/t11?,12-,13+,14?,17+/m1/s1. The van der Waals surface area contributed by atoms with Gasteiger partial charge in [-0.2, -0.15) is 0 Å². The molecule has 5 atom stereocenters. The fourth-order valence-electron chi connectivity index (χ4n) is 3.89. The third kappa shape index (κ3) is 3.86. The molecule has 0 saturated carbocycles. The monoisotopic (exact) mass is 327 g/mol. The van der Waals surface area contributed by atoms with E-state index in [4.69, 9.17) is 4.74 Å². The molecule has 2 rings (SSSR count). The number of carbonyl (C=O) groups is 2. The number of carbonyl (C=O) groups excluding carboxylic acids is 1. The first-order valence-electron chi connectivity index (χ1n) is 8.71. The fourth-order valence-corrected chi connectivity index (χ4v) is 3.89. The summed E-state index contributed by atoms with van der Waals surface area (Å²) in [6, 6.07) is -0.778. The lowest BCUT2D eigenvalue weighted by molar-refractivity contribution is -0.293. The van der Waals surface area contributed by atoms with Gasteiger partial charge in [0, 0.05) is 12.5 Å². The van der Waals surface area contributed by atoms with Gasteiger partial charge in [-0.1, -0.05) is 20.8 Å². The van der Waals surface area contributed by atoms with E-state index in [9.17, 15) is 19.8 Å². The van der Waals surface area contributed by atoms with Crippen LogP contribution in [0.4, 0.5) is 0 Å². The Balaban J connectivity index is 2.09. The summed E-state index contributed by atoms with van der Waals surface area (Å²) in [6.45, 7) is 6.43. The smallest absolute Gasteiger partial charge is 0.326 e. The van der Waals surface area contributed by atoms with Gasteiger partial charge < -0.3 is 19.8 Å². The lowest BCUT2D eigenvalue weighted by Gasteiger charge is -2.45. The van der Waals surface area contributed by atoms with Crippen molar-refractivity contribution in [3.63, 3.8) is 0 Å². The van der Waals surface area contributed by atoms with E-state index in [1.807, 2.05) is 13.8 Å². The summed E-state index contributed by atoms with van der Waals surface area (Å²) in [6.07, 6.45) is 3.44. The quantitative estimate of drug-likeness (QED) is 0.825. The summed E-state index contributed by atoms with van der Waals surface area (Å²) in [7, 11) is 0. The SMILES string of the molecule is CCC1O[C@@](O)(CC(=O)N2CCCC[C@H]2C(=O)O)[C@H](C)CC1C. The number of piperidine rings is 1. The molecule has 6 heteroatoms. The van der Waals surface area contributed by atoms with Gasteiger partial charge in [-0.15, -0.1) is 0 Å². The number of carboxylic acids is 1. The predicted octanol–water partition coefficient (Wildman–Crippen LogP) is 2.00. The van der Waals surface area contributed by atoms with E-state index in [0.717, 1.165) is 25.7 Å². The Morgan fingerprint density at radius 1 is 1.30 bits per heavy atom. The number of carboxylic acid groups (broad SMARTS) is 1. The number of aliphatic carboxylic acids is 1. The molecule has 0 aromatic carbocycles. The molecule has 0 aliphatic carbocycles. The number of rotatable bonds is 4. The summed E-state index contributed by atoms with van der Waals surface area (Å²) in [5.74, 6) is -2.60. The highest BCUT2D eigenvalue weighted by Gasteiger charge is 2.46. The van der Waals surface area contributed by atoms with Crippen molar-refractivity contribution in [3.05, 3.63) is 0 Å². The maximum atomic E-state index is 12.6. The van der Waals surface area contributed by atoms with Crippen LogP contribution in [0.3, 0.4) is 0 Å². The van der Waals surface area contributed by atoms with E-state index in [-0.39, 0.29) is 24.3 Å². The average Bonchev–Trinajstić information content (AvgIpc) is 2.51. The number of hydrogen-bond acceptors (Lipinski definition) is 4. The second-order valence-corrected chi connectivity index (χ2v) is 7.14. The maximum absolute atomic E-state index is 12.6. The van der Waals surface area contributed by atoms with Crippen molar-refractivity contribution in [1.29, 1.82) is 0 Å². The minimum atomic E-state index is -1.50. The Bertz CT molecular complexity index is 454. The molecule has 2 fully saturated rings. The highest BCUT2D eigenvalue weighted by Crippen LogP contribution is 2.39. The first-order chi connectivity index (χ1) is 10.8. The predicted molar refractivity (Wildman–Crippen MR) is 84.7 cm³/mol. The summed E-state index contributed by atoms with van der Waals surface area (Å²) < 4.78 is 5.87. The summed E-state index contributed by atoms with van der Waals surface area (Å²) in [5, 5.41) is 20.2. The van der Waals surface area contributed by atoms with Gasteiger partial charge in [0.1, 0.15) is 6.04 Å². The van der Waals surface area contributed by atoms with E-state index in [2.05, 4.69) is 6.92 Å². The molecule has 0 spiro atoms. The molecular formula is C17H29NO5. The van der Waals surface area contributed by atoms with Crippen molar-refractivity contribution < 1.29 is 24.5 Å². The zero-order valence-electron chi connectivity index (χ0n) is 14.3. The third-order valence-electron chi connectivity index (χ3n) is 5.40. The molecule has 132 valence electrons. The molecule has 2 saturated heterocycles. The maximum Gasteiger partial charge on any atom is 0.326 e. The highest BCUT2D eigenvalue weighted by atomic mass is 16.6. The van der Waals surface area contributed by atoms with Crippen LogP contribution in [0.1, 0.15) is 59.3 Å². The fraction of sp³-hybridized carbons (Fsp3) is 0.882. The first-order valence-corrected chi connectivity index (χ1v) is 8.71. The molecule has 2 heterocycles. The highest BCUT2D eigenvalue weighted by molar-refractivity contribution is 5.84. The molecule has 0 aromatic heterocycles. The zero-order valence-corrected chi connectivity index (χ0v) is 14.3. The van der Waals surface area contributed by atoms with Gasteiger partial charge in [-0.3, -0.25) is 4.79 Å². The molecular weight excluding hydrogens is 298 g/mol. The molecule has 0 aromatic rings. The Morgan fingerprint density at radius 2 is 2.00 bits per heavy atom. The normalized spacial score (nSPS) is 38.3. The van der Waals surface area contributed by atoms with Crippen LogP contribution >= 0.6 is 0 Å². The van der Waals surface area contributed by atoms with Crippen molar-refractivity contribution in [2.75, 3.05) is 6.54 Å². The number of nitrogens with zero attached hydrogens (tertiary/aromatic N) is 1. The van der Waals surface area contributed by atoms with Crippen molar-refractivity contribution in [2.45, 2.75) is 77.2 Å². The molecule has 23 heavy (non-hydrogen) atoms. The molecule has 2 N–H and O–H groups in total. The van der Waals surface area contributed by atoms with Crippen LogP contribution in [0.2, 0.25) is 0 Å². The van der Waals surface area contributed by atoms with Crippen LogP contribution in [-0.2, 0) is 14.3 Å². The van der Waals surface area contributed by atoms with Gasteiger partial charge in [0.15, 0.2) is 5.79 Å². The molecule has 0 bridgehead atoms. The summed E-state index contributed by atoms with van der Waals surface area (Å²) in [4.78, 5) is 25.4. The van der Waals surface area contributed by atoms with Gasteiger partial charge in [0.25, 0.3) is 0 Å². The number of aliphatic hydroxyl groups is 1. The van der Waals surface area contributed by atoms with E-state index in [0.29, 0.717) is 18.9 Å². The van der Waals surface area contributed by atoms with Crippen molar-refractivity contribution in [1.82, 2.24) is 4.90 Å². The second-order valence-electron chi connectivity index (χ2n) is 7.14. The van der Waals surface area contributed by atoms with E-state index in [1.165, 1.54) is 4.90 Å². The average molecular weight is 327 g/mol. The second kappa shape index (κ2) is 7.18. The molecule has 2 aliphatic rings. The van der Waals surface area contributed by atoms with Gasteiger partial charge >= 0.3 is 5.97 Å². The number of ether oxygens (including phenoxy) is 1. The molecule has 0 radical (unpaired) electrons. The molecule has 2 unspecified atom stereocenters. The van der Waals surface area contributed by atoms with Crippen LogP contribution < -0.4 is 0 Å². The van der Waals surface area contributed by atoms with Crippen LogP contribution in [0.25, 0.3) is 0 Å². The largest absolute Gasteiger partial charge is 0.480 e. The van der Waals surface area contributed by atoms with E-state index in [1.54, 1.807) is 0 Å². The van der Waals surface area contributed by atoms with Crippen LogP contribution in [-0.4, -0.2) is 51.5 Å². The third-order valence-corrected chi connectivity index (χ3v) is 5.40. The Kier molecular flexibility index (Phi) is 5.68. The van der Waals surface area contributed by atoms with E-state index < -0.39 is 17.8 Å². The summed E-state index contributed by atoms with van der Waals surface area (Å²) >= 11 is 0. The lowest BCUT2D eigenvalue weighted by Crippen LogP contribution is -2.55. The number of likely N-dealkylation sites (tertiary alicyclic amines) is 1.